The number of fused-ring (bicyclic) bond motifs is 30. The first-order chi connectivity index (χ1) is 46.4. The number of carbonyl (C=O) groups excluding carboxylic acids is 10. The number of hydrogen-bond donors (Lipinski definition) is 12. The smallest absolute Gasteiger partial charge is 0.246 e. The number of aromatic amines is 2. The number of rotatable bonds is 12. The predicted octanol–water partition coefficient (Wildman–Crippen LogP) is 2.49. The molecular formula is C69H84F3N13O12. The van der Waals surface area contributed by atoms with Crippen LogP contribution in [0, 0.1) is 11.6 Å². The lowest BCUT2D eigenvalue weighted by Crippen LogP contribution is -2.63. The molecule has 6 heterocycles. The number of nitrogens with two attached hydrogens (primary N) is 1. The van der Waals surface area contributed by atoms with Gasteiger partial charge >= 0.3 is 0 Å². The highest BCUT2D eigenvalue weighted by molar-refractivity contribution is 6.00. The van der Waals surface area contributed by atoms with Crippen molar-refractivity contribution in [3.63, 3.8) is 0 Å². The van der Waals surface area contributed by atoms with E-state index >= 15 is 18.8 Å². The minimum Gasteiger partial charge on any atom is -0.497 e. The maximum Gasteiger partial charge on any atom is 0.246 e. The number of halogens is 3. The zero-order chi connectivity index (χ0) is 69.7. The summed E-state index contributed by atoms with van der Waals surface area (Å²) >= 11 is 0. The molecule has 2 fully saturated rings. The Balaban J connectivity index is 1.05. The summed E-state index contributed by atoms with van der Waals surface area (Å²) in [7, 11) is 1.48. The van der Waals surface area contributed by atoms with E-state index in [-0.39, 0.29) is 70.3 Å². The van der Waals surface area contributed by atoms with Crippen LogP contribution in [0.25, 0.3) is 21.8 Å². The first-order valence-corrected chi connectivity index (χ1v) is 32.6. The van der Waals surface area contributed by atoms with E-state index in [0.717, 1.165) is 16.0 Å². The van der Waals surface area contributed by atoms with E-state index in [4.69, 9.17) is 10.5 Å². The van der Waals surface area contributed by atoms with Crippen LogP contribution in [0.4, 0.5) is 13.2 Å². The number of ether oxygens (including phenoxy) is 1. The van der Waals surface area contributed by atoms with E-state index in [1.54, 1.807) is 43.3 Å². The van der Waals surface area contributed by atoms with Crippen molar-refractivity contribution in [2.75, 3.05) is 33.3 Å². The van der Waals surface area contributed by atoms with Crippen molar-refractivity contribution < 1.29 is 71.0 Å². The monoisotopic (exact) mass is 1340 g/mol. The lowest BCUT2D eigenvalue weighted by molar-refractivity contribution is -0.147. The average Bonchev–Trinajstić information content (AvgIpc) is 1.78. The number of amides is 10. The lowest BCUT2D eigenvalue weighted by atomic mass is 9.95. The summed E-state index contributed by atoms with van der Waals surface area (Å²) < 4.78 is 51.3. The van der Waals surface area contributed by atoms with Crippen molar-refractivity contribution in [1.82, 2.24) is 62.3 Å². The molecule has 0 unspecified atom stereocenters. The van der Waals surface area contributed by atoms with E-state index in [0.29, 0.717) is 64.4 Å². The SMILES string of the molecule is COc1ccc(C[C@@H]2NC(=O)[C@H]([C@H](C)O)NC(=O)[C@@H]3C[C@H](F)CN3C(=O)[C@H](Cc3c[nH]c4ccc(F)cc34)NC(=O)[C@H](Cc3c[nH]c4ccc(F)cc34)NC(=O)[C@@H](C)NC(=O)[C@H](CCCCN)NC(=O)CCC(=O)NCc3ccc(cc3)CCNC(=O)[C@]3(C)CCCN3C2=O)cc1. The number of benzene rings is 4. The van der Waals surface area contributed by atoms with Crippen molar-refractivity contribution in [1.29, 1.82) is 0 Å². The normalized spacial score (nSPS) is 24.8. The van der Waals surface area contributed by atoms with Crippen LogP contribution in [0.5, 0.6) is 5.75 Å². The highest BCUT2D eigenvalue weighted by Crippen LogP contribution is 2.32. The van der Waals surface area contributed by atoms with E-state index < -0.39 is 150 Å². The predicted molar refractivity (Wildman–Crippen MR) is 351 cm³/mol. The van der Waals surface area contributed by atoms with Crippen LogP contribution in [0.1, 0.15) is 100.0 Å². The second kappa shape index (κ2) is 32.3. The third kappa shape index (κ3) is 18.0. The third-order valence-electron chi connectivity index (χ3n) is 18.2. The van der Waals surface area contributed by atoms with Crippen molar-refractivity contribution in [3.8, 4) is 5.75 Å². The summed E-state index contributed by atoms with van der Waals surface area (Å²) in [6.45, 7) is 4.12. The molecule has 0 spiro atoms. The van der Waals surface area contributed by atoms with Crippen LogP contribution in [-0.2, 0) is 80.2 Å². The summed E-state index contributed by atoms with van der Waals surface area (Å²) in [5.41, 5.74) is 7.99. The number of alkyl halides is 1. The topological polar surface area (TPSA) is 360 Å². The Bertz CT molecular complexity index is 3870. The van der Waals surface area contributed by atoms with Gasteiger partial charge in [0, 0.05) is 92.4 Å². The zero-order valence-electron chi connectivity index (χ0n) is 54.5. The number of aliphatic hydroxyl groups is 1. The van der Waals surface area contributed by atoms with Crippen molar-refractivity contribution >= 4 is 80.9 Å². The van der Waals surface area contributed by atoms with E-state index in [2.05, 4.69) is 52.5 Å². The highest BCUT2D eigenvalue weighted by Gasteiger charge is 2.49. The van der Waals surface area contributed by atoms with Gasteiger partial charge in [-0.05, 0) is 142 Å². The van der Waals surface area contributed by atoms with Gasteiger partial charge in [0.05, 0.1) is 19.8 Å². The number of unbranched alkanes of at least 4 members (excludes halogenated alkanes) is 1. The first-order valence-electron chi connectivity index (χ1n) is 32.6. The van der Waals surface area contributed by atoms with Gasteiger partial charge in [-0.3, -0.25) is 47.9 Å². The Labute approximate surface area is 558 Å². The molecule has 0 aliphatic carbocycles. The molecule has 97 heavy (non-hydrogen) atoms. The maximum absolute atomic E-state index is 16.1. The van der Waals surface area contributed by atoms with Crippen LogP contribution in [0.2, 0.25) is 0 Å². The molecule has 4 aliphatic rings. The van der Waals surface area contributed by atoms with Crippen LogP contribution in [-0.4, -0.2) is 177 Å². The Kier molecular flexibility index (Phi) is 23.8. The molecule has 28 heteroatoms. The van der Waals surface area contributed by atoms with Gasteiger partial charge in [0.2, 0.25) is 59.1 Å². The molecule has 518 valence electrons. The van der Waals surface area contributed by atoms with Crippen LogP contribution in [0.3, 0.4) is 0 Å². The van der Waals surface area contributed by atoms with Gasteiger partial charge in [-0.25, -0.2) is 13.2 Å². The molecule has 4 aromatic carbocycles. The molecule has 10 amide bonds. The summed E-state index contributed by atoms with van der Waals surface area (Å²) in [5, 5.41) is 33.5. The first kappa shape index (κ1) is 71.5. The van der Waals surface area contributed by atoms with Gasteiger partial charge in [0.25, 0.3) is 0 Å². The summed E-state index contributed by atoms with van der Waals surface area (Å²) in [5.74, 6) is -8.93. The fourth-order valence-electron chi connectivity index (χ4n) is 12.6. The second-order valence-corrected chi connectivity index (χ2v) is 25.3. The molecule has 6 aromatic rings. The molecule has 4 aliphatic heterocycles. The number of nitrogens with zero attached hydrogens (tertiary/aromatic N) is 2. The second-order valence-electron chi connectivity index (χ2n) is 25.3. The summed E-state index contributed by atoms with van der Waals surface area (Å²) in [6, 6.07) is 10.7. The number of aliphatic hydroxyl groups excluding tert-OH is 1. The van der Waals surface area contributed by atoms with Crippen molar-refractivity contribution in [2.45, 2.75) is 164 Å². The van der Waals surface area contributed by atoms with Gasteiger partial charge in [0.15, 0.2) is 0 Å². The van der Waals surface area contributed by atoms with Gasteiger partial charge < -0.3 is 77.9 Å². The molecule has 10 rings (SSSR count). The Morgan fingerprint density at radius 2 is 1.25 bits per heavy atom. The van der Waals surface area contributed by atoms with E-state index in [1.165, 1.54) is 74.6 Å². The minimum atomic E-state index is -1.86. The molecule has 25 nitrogen and oxygen atoms in total. The number of H-pyrrole nitrogens is 2. The van der Waals surface area contributed by atoms with Gasteiger partial charge in [-0.15, -0.1) is 0 Å². The van der Waals surface area contributed by atoms with Crippen LogP contribution >= 0.6 is 0 Å². The van der Waals surface area contributed by atoms with Gasteiger partial charge in [0.1, 0.15) is 71.4 Å². The Morgan fingerprint density at radius 3 is 1.89 bits per heavy atom. The molecule has 0 saturated carbocycles. The Morgan fingerprint density at radius 1 is 0.649 bits per heavy atom. The van der Waals surface area contributed by atoms with Gasteiger partial charge in [-0.2, -0.15) is 0 Å². The molecule has 2 saturated heterocycles. The molecule has 13 N–H and O–H groups in total. The molecule has 2 aromatic heterocycles. The fraction of sp³-hybridized carbons (Fsp3) is 0.449. The van der Waals surface area contributed by atoms with Crippen molar-refractivity contribution in [2.24, 2.45) is 5.73 Å². The molecule has 2 bridgehead atoms. The number of carbonyl (C=O) groups is 10. The van der Waals surface area contributed by atoms with E-state index in [9.17, 15) is 47.4 Å². The summed E-state index contributed by atoms with van der Waals surface area (Å²) in [4.78, 5) is 153. The standard InChI is InChI=1S/C69H84F3N13O12/c1-38-61(89)80-54(29-43-35-75-51-19-15-45(70)31-49(43)51)63(91)81-56(30-44-36-76-52-20-16-46(71)32-50(44)52)66(94)84-37-47(72)33-57(84)64(92)83-60(39(2)86)65(93)82-55(28-41-13-17-48(97-4)18-14-41)67(95)85-27-7-24-69(85,3)68(96)74-26-23-40-9-11-42(12-10-40)34-77-58(87)21-22-59(88)79-53(62(90)78-38)8-5-6-25-73/h9-20,31-32,35-36,38-39,47,53-57,60,75-76,86H,5-8,21-30,33-34,37,73H2,1-4H3,(H,74,96)(H,77,87)(H,78,90)(H,79,88)(H,80,89)(H,81,91)(H,82,93)(H,83,92)/t38-,39+,47+,53+,54+,55+,56+,57+,60+,69+/m1/s1. The Hall–Kier alpha value is -9.83. The minimum absolute atomic E-state index is 0.0863. The quantitative estimate of drug-likeness (QED) is 0.0620. The average molecular weight is 1340 g/mol. The van der Waals surface area contributed by atoms with Crippen LogP contribution < -0.4 is 53.0 Å². The largest absolute Gasteiger partial charge is 0.497 e. The summed E-state index contributed by atoms with van der Waals surface area (Å²) in [6.07, 6.45) is -0.701. The number of aromatic nitrogens is 2. The third-order valence-corrected chi connectivity index (χ3v) is 18.2. The molecular weight excluding hydrogens is 1260 g/mol. The van der Waals surface area contributed by atoms with Crippen molar-refractivity contribution in [3.05, 3.63) is 137 Å². The number of methoxy groups -OCH3 is 1. The van der Waals surface area contributed by atoms with E-state index in [1.807, 2.05) is 12.1 Å². The lowest BCUT2D eigenvalue weighted by Gasteiger charge is -2.37. The fourth-order valence-corrected chi connectivity index (χ4v) is 12.6. The van der Waals surface area contributed by atoms with Gasteiger partial charge in [-0.1, -0.05) is 36.4 Å². The maximum atomic E-state index is 16.1. The number of hydrogen-bond acceptors (Lipinski definition) is 13. The molecule has 10 atom stereocenters. The molecule has 0 radical (unpaired) electrons. The highest BCUT2D eigenvalue weighted by atomic mass is 19.1. The number of nitrogens with one attached hydrogen (secondary N) is 10. The van der Waals surface area contributed by atoms with Crippen LogP contribution in [0.15, 0.2) is 97.3 Å². The zero-order valence-corrected chi connectivity index (χ0v) is 54.5.